The molecule has 0 radical (unpaired) electrons. The summed E-state index contributed by atoms with van der Waals surface area (Å²) in [5.41, 5.74) is 0.846. The summed E-state index contributed by atoms with van der Waals surface area (Å²) >= 11 is 0. The normalized spacial score (nSPS) is 10.2. The molecule has 1 heterocycles. The molecule has 104 valence electrons. The van der Waals surface area contributed by atoms with Crippen molar-refractivity contribution in [2.24, 2.45) is 0 Å². The van der Waals surface area contributed by atoms with Crippen LogP contribution in [0.15, 0.2) is 42.6 Å². The van der Waals surface area contributed by atoms with Gasteiger partial charge in [0.1, 0.15) is 11.6 Å². The summed E-state index contributed by atoms with van der Waals surface area (Å²) in [4.78, 5) is 21.1. The van der Waals surface area contributed by atoms with E-state index in [0.717, 1.165) is 5.06 Å². The first-order chi connectivity index (χ1) is 9.61. The number of halogens is 1. The van der Waals surface area contributed by atoms with Crippen molar-refractivity contribution in [2.45, 2.75) is 0 Å². The fourth-order valence-corrected chi connectivity index (χ4v) is 1.63. The van der Waals surface area contributed by atoms with Gasteiger partial charge >= 0.3 is 0 Å². The van der Waals surface area contributed by atoms with Gasteiger partial charge in [-0.3, -0.25) is 9.63 Å². The Morgan fingerprint density at radius 1 is 1.35 bits per heavy atom. The highest BCUT2D eigenvalue weighted by molar-refractivity contribution is 5.98. The lowest BCUT2D eigenvalue weighted by atomic mass is 10.2. The lowest BCUT2D eigenvalue weighted by Gasteiger charge is -2.16. The van der Waals surface area contributed by atoms with E-state index in [1.165, 1.54) is 26.3 Å². The predicted molar refractivity (Wildman–Crippen MR) is 73.0 cm³/mol. The van der Waals surface area contributed by atoms with Gasteiger partial charge in [-0.2, -0.15) is 0 Å². The molecule has 1 aromatic heterocycles. The lowest BCUT2D eigenvalue weighted by Crippen LogP contribution is -2.26. The molecule has 0 spiro atoms. The Labute approximate surface area is 116 Å². The first-order valence-electron chi connectivity index (χ1n) is 5.91. The summed E-state index contributed by atoms with van der Waals surface area (Å²) in [5.74, 6) is -0.376. The summed E-state index contributed by atoms with van der Waals surface area (Å²) in [5, 5.41) is 4.01. The van der Waals surface area contributed by atoms with Crippen LogP contribution in [0.25, 0.3) is 0 Å². The third-order valence-electron chi connectivity index (χ3n) is 2.69. The second-order valence-corrected chi connectivity index (χ2v) is 4.02. The molecule has 0 unspecified atom stereocenters. The van der Waals surface area contributed by atoms with Gasteiger partial charge in [0.15, 0.2) is 0 Å². The van der Waals surface area contributed by atoms with Crippen molar-refractivity contribution < 1.29 is 14.0 Å². The fourth-order valence-electron chi connectivity index (χ4n) is 1.63. The van der Waals surface area contributed by atoms with Gasteiger partial charge in [0, 0.05) is 18.9 Å². The Morgan fingerprint density at radius 3 is 2.85 bits per heavy atom. The van der Waals surface area contributed by atoms with E-state index >= 15 is 0 Å². The molecule has 1 aromatic carbocycles. The van der Waals surface area contributed by atoms with Crippen molar-refractivity contribution in [2.75, 3.05) is 19.5 Å². The zero-order valence-electron chi connectivity index (χ0n) is 11.1. The van der Waals surface area contributed by atoms with Crippen LogP contribution in [0.1, 0.15) is 10.4 Å². The monoisotopic (exact) mass is 275 g/mol. The number of nitrogens with zero attached hydrogens (tertiary/aromatic N) is 2. The molecule has 0 atom stereocenters. The summed E-state index contributed by atoms with van der Waals surface area (Å²) in [6.45, 7) is 0. The van der Waals surface area contributed by atoms with Crippen LogP contribution in [0.3, 0.4) is 0 Å². The molecule has 0 saturated carbocycles. The van der Waals surface area contributed by atoms with Gasteiger partial charge in [-0.05, 0) is 30.3 Å². The number of carbonyl (C=O) groups excluding carboxylic acids is 1. The maximum Gasteiger partial charge on any atom is 0.280 e. The van der Waals surface area contributed by atoms with Crippen LogP contribution in [0, 0.1) is 5.82 Å². The van der Waals surface area contributed by atoms with E-state index in [4.69, 9.17) is 4.84 Å². The SMILES string of the molecule is CON(C)C(=O)c1cccnc1Nc1cccc(F)c1. The molecular formula is C14H14FN3O2. The molecule has 1 amide bonds. The first kappa shape index (κ1) is 14.0. The molecule has 0 aliphatic heterocycles. The van der Waals surface area contributed by atoms with Gasteiger partial charge < -0.3 is 5.32 Å². The fraction of sp³-hybridized carbons (Fsp3) is 0.143. The van der Waals surface area contributed by atoms with Gasteiger partial charge in [0.2, 0.25) is 0 Å². The highest BCUT2D eigenvalue weighted by Gasteiger charge is 2.16. The molecule has 0 fully saturated rings. The van der Waals surface area contributed by atoms with Crippen LogP contribution in [0.5, 0.6) is 0 Å². The number of aromatic nitrogens is 1. The molecule has 0 bridgehead atoms. The Balaban J connectivity index is 2.31. The molecule has 0 aliphatic carbocycles. The number of rotatable bonds is 4. The highest BCUT2D eigenvalue weighted by Crippen LogP contribution is 2.20. The third kappa shape index (κ3) is 3.10. The molecule has 5 nitrogen and oxygen atoms in total. The van der Waals surface area contributed by atoms with E-state index in [-0.39, 0.29) is 11.7 Å². The largest absolute Gasteiger partial charge is 0.339 e. The molecule has 1 N–H and O–H groups in total. The molecule has 6 heteroatoms. The number of hydrogen-bond donors (Lipinski definition) is 1. The molecule has 0 saturated heterocycles. The standard InChI is InChI=1S/C14H14FN3O2/c1-18(20-2)14(19)12-7-4-8-16-13(12)17-11-6-3-5-10(15)9-11/h3-9H,1-2H3,(H,16,17). The molecule has 0 aliphatic rings. The summed E-state index contributed by atoms with van der Waals surface area (Å²) in [6, 6.07) is 9.19. The average Bonchev–Trinajstić information content (AvgIpc) is 2.46. The maximum absolute atomic E-state index is 13.2. The van der Waals surface area contributed by atoms with Gasteiger partial charge in [-0.25, -0.2) is 14.4 Å². The molecule has 2 aromatic rings. The van der Waals surface area contributed by atoms with Crippen molar-refractivity contribution in [1.82, 2.24) is 10.0 Å². The Hall–Kier alpha value is -2.47. The van der Waals surface area contributed by atoms with E-state index in [1.54, 1.807) is 30.5 Å². The van der Waals surface area contributed by atoms with Crippen molar-refractivity contribution in [3.63, 3.8) is 0 Å². The van der Waals surface area contributed by atoms with E-state index in [9.17, 15) is 9.18 Å². The maximum atomic E-state index is 13.2. The summed E-state index contributed by atoms with van der Waals surface area (Å²) < 4.78 is 13.2. The number of pyridine rings is 1. The van der Waals surface area contributed by atoms with Crippen LogP contribution in [0.4, 0.5) is 15.9 Å². The Kier molecular flexibility index (Phi) is 4.27. The first-order valence-corrected chi connectivity index (χ1v) is 5.91. The highest BCUT2D eigenvalue weighted by atomic mass is 19.1. The van der Waals surface area contributed by atoms with Crippen LogP contribution < -0.4 is 5.32 Å². The van der Waals surface area contributed by atoms with Crippen LogP contribution in [0.2, 0.25) is 0 Å². The smallest absolute Gasteiger partial charge is 0.280 e. The number of nitrogens with one attached hydrogen (secondary N) is 1. The van der Waals surface area contributed by atoms with Gasteiger partial charge in [0.25, 0.3) is 5.91 Å². The zero-order valence-corrected chi connectivity index (χ0v) is 11.1. The zero-order chi connectivity index (χ0) is 14.5. The van der Waals surface area contributed by atoms with Crippen molar-refractivity contribution in [3.05, 3.63) is 54.0 Å². The van der Waals surface area contributed by atoms with Gasteiger partial charge in [-0.1, -0.05) is 6.07 Å². The molecule has 2 rings (SSSR count). The van der Waals surface area contributed by atoms with Crippen molar-refractivity contribution >= 4 is 17.4 Å². The molecule has 20 heavy (non-hydrogen) atoms. The lowest BCUT2D eigenvalue weighted by molar-refractivity contribution is -0.0756. The number of hydrogen-bond acceptors (Lipinski definition) is 4. The van der Waals surface area contributed by atoms with Crippen LogP contribution >= 0.6 is 0 Å². The summed E-state index contributed by atoms with van der Waals surface area (Å²) in [6.07, 6.45) is 1.55. The van der Waals surface area contributed by atoms with Crippen molar-refractivity contribution in [3.8, 4) is 0 Å². The van der Waals surface area contributed by atoms with E-state index in [0.29, 0.717) is 17.1 Å². The minimum absolute atomic E-state index is 0.334. The topological polar surface area (TPSA) is 54.5 Å². The van der Waals surface area contributed by atoms with E-state index < -0.39 is 0 Å². The second kappa shape index (κ2) is 6.12. The minimum Gasteiger partial charge on any atom is -0.339 e. The number of hydroxylamine groups is 2. The van der Waals surface area contributed by atoms with E-state index in [2.05, 4.69) is 10.3 Å². The Morgan fingerprint density at radius 2 is 2.15 bits per heavy atom. The third-order valence-corrected chi connectivity index (χ3v) is 2.69. The minimum atomic E-state index is -0.368. The van der Waals surface area contributed by atoms with E-state index in [1.807, 2.05) is 0 Å². The average molecular weight is 275 g/mol. The number of amides is 1. The van der Waals surface area contributed by atoms with Gasteiger partial charge in [0.05, 0.1) is 12.7 Å². The van der Waals surface area contributed by atoms with Crippen LogP contribution in [-0.2, 0) is 4.84 Å². The van der Waals surface area contributed by atoms with Crippen LogP contribution in [-0.4, -0.2) is 30.1 Å². The van der Waals surface area contributed by atoms with Crippen molar-refractivity contribution in [1.29, 1.82) is 0 Å². The number of benzene rings is 1. The molecular weight excluding hydrogens is 261 g/mol. The number of anilines is 2. The van der Waals surface area contributed by atoms with Gasteiger partial charge in [-0.15, -0.1) is 0 Å². The summed E-state index contributed by atoms with van der Waals surface area (Å²) in [7, 11) is 2.90. The Bertz CT molecular complexity index is 619. The second-order valence-electron chi connectivity index (χ2n) is 4.02. The number of carbonyl (C=O) groups is 1. The quantitative estimate of drug-likeness (QED) is 0.871. The predicted octanol–water partition coefficient (Wildman–Crippen LogP) is 2.60.